The monoisotopic (exact) mass is 1160 g/mol. The molecule has 0 saturated carbocycles. The molecule has 0 rings (SSSR count). The highest BCUT2D eigenvalue weighted by atomic mass is 16.6. The largest absolute Gasteiger partial charge is 0.462 e. The Balaban J connectivity index is 4.20. The summed E-state index contributed by atoms with van der Waals surface area (Å²) in [5.74, 6) is -0.966. The second kappa shape index (κ2) is 71.3. The van der Waals surface area contributed by atoms with Gasteiger partial charge in [0, 0.05) is 19.3 Å². The molecule has 0 aliphatic carbocycles. The topological polar surface area (TPSA) is 78.9 Å². The lowest BCUT2D eigenvalue weighted by Gasteiger charge is -2.18. The molecule has 0 spiro atoms. The molecule has 1 atom stereocenters. The van der Waals surface area contributed by atoms with Crippen molar-refractivity contribution < 1.29 is 28.6 Å². The van der Waals surface area contributed by atoms with Gasteiger partial charge in [0.05, 0.1) is 0 Å². The number of esters is 3. The predicted octanol–water partition coefficient (Wildman–Crippen LogP) is 25.2. The molecule has 6 nitrogen and oxygen atoms in total. The fourth-order valence-electron chi connectivity index (χ4n) is 10.8. The number of carbonyl (C=O) groups is 3. The molecule has 482 valence electrons. The summed E-state index contributed by atoms with van der Waals surface area (Å²) in [7, 11) is 0. The molecule has 6 heteroatoms. The van der Waals surface area contributed by atoms with E-state index >= 15 is 0 Å². The minimum atomic E-state index is -0.807. The van der Waals surface area contributed by atoms with E-state index in [-0.39, 0.29) is 37.5 Å². The zero-order valence-corrected chi connectivity index (χ0v) is 55.5. The molecule has 0 bridgehead atoms. The van der Waals surface area contributed by atoms with Crippen LogP contribution in [0.15, 0.2) is 72.9 Å². The van der Waals surface area contributed by atoms with Crippen molar-refractivity contribution in [3.63, 3.8) is 0 Å². The van der Waals surface area contributed by atoms with Crippen LogP contribution in [0.5, 0.6) is 0 Å². The van der Waals surface area contributed by atoms with Crippen LogP contribution in [0.25, 0.3) is 0 Å². The van der Waals surface area contributed by atoms with Crippen LogP contribution in [0.2, 0.25) is 0 Å². The van der Waals surface area contributed by atoms with E-state index in [0.717, 1.165) is 70.6 Å². The van der Waals surface area contributed by atoms with E-state index in [2.05, 4.69) is 87.6 Å². The molecule has 0 radical (unpaired) electrons. The molecule has 83 heavy (non-hydrogen) atoms. The van der Waals surface area contributed by atoms with Gasteiger partial charge in [0.15, 0.2) is 6.10 Å². The maximum Gasteiger partial charge on any atom is 0.306 e. The van der Waals surface area contributed by atoms with Gasteiger partial charge in [0.2, 0.25) is 0 Å². The molecule has 0 aromatic carbocycles. The second-order valence-electron chi connectivity index (χ2n) is 24.5. The van der Waals surface area contributed by atoms with E-state index in [0.29, 0.717) is 19.3 Å². The quantitative estimate of drug-likeness (QED) is 0.0261. The third-order valence-electron chi connectivity index (χ3n) is 16.2. The number of hydrogen-bond acceptors (Lipinski definition) is 6. The van der Waals surface area contributed by atoms with E-state index in [1.165, 1.54) is 263 Å². The van der Waals surface area contributed by atoms with E-state index < -0.39 is 6.10 Å². The van der Waals surface area contributed by atoms with Crippen LogP contribution in [-0.2, 0) is 28.6 Å². The Morgan fingerprint density at radius 3 is 0.807 bits per heavy atom. The van der Waals surface area contributed by atoms with Crippen LogP contribution in [0.1, 0.15) is 380 Å². The van der Waals surface area contributed by atoms with Gasteiger partial charge in [-0.2, -0.15) is 0 Å². The fourth-order valence-corrected chi connectivity index (χ4v) is 10.8. The minimum absolute atomic E-state index is 0.0960. The van der Waals surface area contributed by atoms with Gasteiger partial charge in [-0.25, -0.2) is 0 Å². The maximum atomic E-state index is 12.9. The van der Waals surface area contributed by atoms with Crippen LogP contribution >= 0.6 is 0 Å². The van der Waals surface area contributed by atoms with Crippen LogP contribution in [0.3, 0.4) is 0 Å². The highest BCUT2D eigenvalue weighted by molar-refractivity contribution is 5.71. The van der Waals surface area contributed by atoms with Crippen molar-refractivity contribution >= 4 is 17.9 Å². The molecule has 1 unspecified atom stereocenters. The normalized spacial score (nSPS) is 12.5. The summed E-state index contributed by atoms with van der Waals surface area (Å²) < 4.78 is 16.9. The lowest BCUT2D eigenvalue weighted by molar-refractivity contribution is -0.166. The molecular formula is C77H138O6. The van der Waals surface area contributed by atoms with Crippen LogP contribution in [0.4, 0.5) is 0 Å². The zero-order valence-electron chi connectivity index (χ0n) is 55.5. The van der Waals surface area contributed by atoms with Crippen LogP contribution < -0.4 is 0 Å². The van der Waals surface area contributed by atoms with E-state index in [1.54, 1.807) is 0 Å². The molecule has 0 fully saturated rings. The van der Waals surface area contributed by atoms with Gasteiger partial charge in [-0.1, -0.05) is 357 Å². The number of carbonyl (C=O) groups excluding carboxylic acids is 3. The third kappa shape index (κ3) is 69.5. The first kappa shape index (κ1) is 79.8. The van der Waals surface area contributed by atoms with Crippen molar-refractivity contribution in [1.82, 2.24) is 0 Å². The SMILES string of the molecule is CC/C=C\C/C=C\C/C=C\C/C=C\CCC(=O)OCC(COC(=O)CCCCCCCCCCCCCCCCCCCCCCCCCCCCCCCCC)OC(=O)CCCCCCCCCCC/C=C\C/C=C\CCCCCCC. The Kier molecular flexibility index (Phi) is 68.6. The third-order valence-corrected chi connectivity index (χ3v) is 16.2. The van der Waals surface area contributed by atoms with Gasteiger partial charge in [-0.15, -0.1) is 0 Å². The summed E-state index contributed by atoms with van der Waals surface area (Å²) in [5, 5.41) is 0. The van der Waals surface area contributed by atoms with Crippen molar-refractivity contribution in [2.75, 3.05) is 13.2 Å². The second-order valence-corrected chi connectivity index (χ2v) is 24.5. The number of hydrogen-bond donors (Lipinski definition) is 0. The molecule has 0 amide bonds. The highest BCUT2D eigenvalue weighted by Crippen LogP contribution is 2.19. The van der Waals surface area contributed by atoms with E-state index in [9.17, 15) is 14.4 Å². The van der Waals surface area contributed by atoms with Crippen LogP contribution in [-0.4, -0.2) is 37.2 Å². The summed E-state index contributed by atoms with van der Waals surface area (Å²) >= 11 is 0. The van der Waals surface area contributed by atoms with Gasteiger partial charge in [-0.3, -0.25) is 14.4 Å². The average Bonchev–Trinajstić information content (AvgIpc) is 3.49. The maximum absolute atomic E-state index is 12.9. The molecule has 0 aromatic rings. The number of rotatable bonds is 67. The average molecular weight is 1160 g/mol. The zero-order chi connectivity index (χ0) is 59.9. The first-order chi connectivity index (χ1) is 41.0. The van der Waals surface area contributed by atoms with Gasteiger partial charge >= 0.3 is 17.9 Å². The standard InChI is InChI=1S/C77H138O6/c1-4-7-10-13-16-19-22-25-27-29-31-33-34-35-36-37-38-39-40-41-42-44-45-47-49-52-55-58-61-64-67-70-76(79)82-73-74(72-81-75(78)69-66-63-60-57-54-51-24-21-18-15-12-9-6-3)83-77(80)71-68-65-62-59-56-53-50-48-46-43-32-30-28-26-23-20-17-14-11-8-5-2/h9,12,18,21,23,26,30,32,51,54,60,63,74H,4-8,10-11,13-17,19-20,22,24-25,27-29,31,33-50,52-53,55-59,61-62,64-73H2,1-3H3/b12-9-,21-18-,26-23-,32-30-,54-51-,63-60-. The Labute approximate surface area is 516 Å². The number of allylic oxidation sites excluding steroid dienone is 12. The smallest absolute Gasteiger partial charge is 0.306 e. The van der Waals surface area contributed by atoms with Gasteiger partial charge in [-0.05, 0) is 77.0 Å². The summed E-state index contributed by atoms with van der Waals surface area (Å²) in [4.78, 5) is 38.4. The fraction of sp³-hybridized carbons (Fsp3) is 0.805. The van der Waals surface area contributed by atoms with Gasteiger partial charge < -0.3 is 14.2 Å². The summed E-state index contributed by atoms with van der Waals surface area (Å²) in [6, 6.07) is 0. The van der Waals surface area contributed by atoms with E-state index in [1.807, 2.05) is 6.08 Å². The molecule has 0 aliphatic heterocycles. The Morgan fingerprint density at radius 2 is 0.494 bits per heavy atom. The van der Waals surface area contributed by atoms with Crippen molar-refractivity contribution in [2.24, 2.45) is 0 Å². The number of ether oxygens (including phenoxy) is 3. The summed E-state index contributed by atoms with van der Waals surface area (Å²) in [6.07, 6.45) is 94.0. The molecule has 0 N–H and O–H groups in total. The van der Waals surface area contributed by atoms with E-state index in [4.69, 9.17) is 14.2 Å². The lowest BCUT2D eigenvalue weighted by Crippen LogP contribution is -2.30. The summed E-state index contributed by atoms with van der Waals surface area (Å²) in [6.45, 7) is 6.50. The van der Waals surface area contributed by atoms with Crippen molar-refractivity contribution in [2.45, 2.75) is 386 Å². The Hall–Kier alpha value is -3.15. The highest BCUT2D eigenvalue weighted by Gasteiger charge is 2.19. The van der Waals surface area contributed by atoms with Crippen molar-refractivity contribution in [3.05, 3.63) is 72.9 Å². The molecule has 0 aliphatic rings. The Bertz CT molecular complexity index is 1520. The first-order valence-corrected chi connectivity index (χ1v) is 36.4. The first-order valence-electron chi connectivity index (χ1n) is 36.4. The lowest BCUT2D eigenvalue weighted by atomic mass is 10.0. The predicted molar refractivity (Wildman–Crippen MR) is 362 cm³/mol. The van der Waals surface area contributed by atoms with Crippen LogP contribution in [0, 0.1) is 0 Å². The number of unbranched alkanes of at least 4 members (excludes halogenated alkanes) is 44. The minimum Gasteiger partial charge on any atom is -0.462 e. The molecule has 0 saturated heterocycles. The van der Waals surface area contributed by atoms with Crippen molar-refractivity contribution in [3.8, 4) is 0 Å². The molecule has 0 aromatic heterocycles. The Morgan fingerprint density at radius 1 is 0.253 bits per heavy atom. The van der Waals surface area contributed by atoms with Gasteiger partial charge in [0.1, 0.15) is 13.2 Å². The summed E-state index contributed by atoms with van der Waals surface area (Å²) in [5.41, 5.74) is 0. The van der Waals surface area contributed by atoms with Crippen molar-refractivity contribution in [1.29, 1.82) is 0 Å². The molecular weight excluding hydrogens is 1020 g/mol. The molecule has 0 heterocycles. The van der Waals surface area contributed by atoms with Gasteiger partial charge in [0.25, 0.3) is 0 Å².